The number of hydrogen-bond donors (Lipinski definition) is 1. The molecule has 2 aliphatic carbocycles. The molecule has 2 heterocycles. The molecule has 2 aliphatic rings. The van der Waals surface area contributed by atoms with Gasteiger partial charge in [-0.3, -0.25) is 0 Å². The van der Waals surface area contributed by atoms with E-state index in [0.717, 1.165) is 62.3 Å². The van der Waals surface area contributed by atoms with Crippen molar-refractivity contribution in [2.75, 3.05) is 5.32 Å². The second kappa shape index (κ2) is 6.23. The second-order valence-corrected chi connectivity index (χ2v) is 6.89. The van der Waals surface area contributed by atoms with Gasteiger partial charge >= 0.3 is 0 Å². The van der Waals surface area contributed by atoms with E-state index in [0.29, 0.717) is 23.4 Å². The summed E-state index contributed by atoms with van der Waals surface area (Å²) in [4.78, 5) is 4.73. The van der Waals surface area contributed by atoms with Gasteiger partial charge in [-0.25, -0.2) is 4.98 Å². The van der Waals surface area contributed by atoms with Gasteiger partial charge < -0.3 is 9.73 Å². The Labute approximate surface area is 141 Å². The Kier molecular flexibility index (Phi) is 3.93. The molecule has 0 spiro atoms. The largest absolute Gasteiger partial charge is 0.426 e. The van der Waals surface area contributed by atoms with Crippen LogP contribution in [0.25, 0.3) is 0 Å². The fourth-order valence-corrected chi connectivity index (χ4v) is 3.92. The van der Waals surface area contributed by atoms with Crippen molar-refractivity contribution in [3.05, 3.63) is 34.7 Å². The number of nitrogens with zero attached hydrogens (tertiary/aromatic N) is 4. The van der Waals surface area contributed by atoms with E-state index in [4.69, 9.17) is 9.40 Å². The van der Waals surface area contributed by atoms with Crippen LogP contribution in [-0.2, 0) is 19.3 Å². The maximum Gasteiger partial charge on any atom is 0.216 e. The smallest absolute Gasteiger partial charge is 0.216 e. The topological polar surface area (TPSA) is 87.6 Å². The molecule has 2 aromatic rings. The van der Waals surface area contributed by atoms with Gasteiger partial charge in [0, 0.05) is 25.1 Å². The number of aryl methyl sites for hydroxylation is 3. The highest BCUT2D eigenvalue weighted by atomic mass is 16.4. The van der Waals surface area contributed by atoms with Crippen molar-refractivity contribution in [3.63, 3.8) is 0 Å². The van der Waals surface area contributed by atoms with E-state index >= 15 is 0 Å². The molecule has 0 bridgehead atoms. The van der Waals surface area contributed by atoms with Crippen LogP contribution in [0.15, 0.2) is 10.5 Å². The van der Waals surface area contributed by atoms with Crippen molar-refractivity contribution in [1.82, 2.24) is 15.2 Å². The van der Waals surface area contributed by atoms with Gasteiger partial charge in [-0.15, -0.1) is 10.2 Å². The fraction of sp³-hybridized carbons (Fsp3) is 0.556. The molecule has 2 aromatic heterocycles. The maximum absolute atomic E-state index is 9.42. The number of nitriles is 1. The van der Waals surface area contributed by atoms with Gasteiger partial charge in [0.05, 0.1) is 5.56 Å². The van der Waals surface area contributed by atoms with Crippen LogP contribution < -0.4 is 5.32 Å². The van der Waals surface area contributed by atoms with Gasteiger partial charge in [0.15, 0.2) is 0 Å². The SMILES string of the molecule is Cc1nnc(C[C@@H]2CC[C@H](Nc3nc4c(cc3C#N)CCC4)C2)o1. The highest BCUT2D eigenvalue weighted by Gasteiger charge is 2.27. The first-order valence-corrected chi connectivity index (χ1v) is 8.69. The lowest BCUT2D eigenvalue weighted by Gasteiger charge is -2.16. The zero-order valence-corrected chi connectivity index (χ0v) is 13.9. The molecular formula is C18H21N5O. The third kappa shape index (κ3) is 2.99. The quantitative estimate of drug-likeness (QED) is 0.930. The zero-order valence-electron chi connectivity index (χ0n) is 13.9. The standard InChI is InChI=1S/C18H21N5O/c1-11-22-23-17(24-11)8-12-5-6-15(7-12)20-18-14(10-19)9-13-3-2-4-16(13)21-18/h9,12,15H,2-8H2,1H3,(H,20,21)/t12-,15+/m1/s1. The molecule has 124 valence electrons. The van der Waals surface area contributed by atoms with Crippen LogP contribution in [0.1, 0.15) is 54.3 Å². The molecule has 0 amide bonds. The van der Waals surface area contributed by atoms with Crippen LogP contribution in [0, 0.1) is 24.2 Å². The Morgan fingerprint density at radius 1 is 1.33 bits per heavy atom. The molecule has 2 atom stereocenters. The molecule has 6 heteroatoms. The first kappa shape index (κ1) is 15.1. The monoisotopic (exact) mass is 323 g/mol. The maximum atomic E-state index is 9.42. The van der Waals surface area contributed by atoms with E-state index in [1.807, 2.05) is 13.0 Å². The Hall–Kier alpha value is -2.42. The lowest BCUT2D eigenvalue weighted by atomic mass is 10.0. The number of fused-ring (bicyclic) bond motifs is 1. The van der Waals surface area contributed by atoms with Crippen LogP contribution in [0.4, 0.5) is 5.82 Å². The third-order valence-electron chi connectivity index (χ3n) is 5.08. The summed E-state index contributed by atoms with van der Waals surface area (Å²) in [5.41, 5.74) is 3.08. The van der Waals surface area contributed by atoms with Gasteiger partial charge in [0.25, 0.3) is 0 Å². The van der Waals surface area contributed by atoms with E-state index in [9.17, 15) is 5.26 Å². The summed E-state index contributed by atoms with van der Waals surface area (Å²) in [6, 6.07) is 4.67. The zero-order chi connectivity index (χ0) is 16.5. The van der Waals surface area contributed by atoms with Crippen LogP contribution in [-0.4, -0.2) is 21.2 Å². The molecule has 1 fully saturated rings. The molecule has 6 nitrogen and oxygen atoms in total. The Morgan fingerprint density at radius 2 is 2.25 bits per heavy atom. The van der Waals surface area contributed by atoms with E-state index in [1.54, 1.807) is 0 Å². The van der Waals surface area contributed by atoms with Crippen molar-refractivity contribution >= 4 is 5.82 Å². The van der Waals surface area contributed by atoms with Gasteiger partial charge in [-0.1, -0.05) is 0 Å². The summed E-state index contributed by atoms with van der Waals surface area (Å²) in [5.74, 6) is 2.66. The summed E-state index contributed by atoms with van der Waals surface area (Å²) in [5, 5.41) is 20.9. The van der Waals surface area contributed by atoms with Crippen LogP contribution in [0.2, 0.25) is 0 Å². The molecule has 0 unspecified atom stereocenters. The Morgan fingerprint density at radius 3 is 3.04 bits per heavy atom. The Balaban J connectivity index is 1.42. The molecule has 0 saturated heterocycles. The summed E-state index contributed by atoms with van der Waals surface area (Å²) in [6.07, 6.45) is 7.32. The average Bonchev–Trinajstić information content (AvgIpc) is 3.29. The third-order valence-corrected chi connectivity index (χ3v) is 5.08. The molecule has 4 rings (SSSR count). The van der Waals surface area contributed by atoms with E-state index in [1.165, 1.54) is 5.56 Å². The summed E-state index contributed by atoms with van der Waals surface area (Å²) < 4.78 is 5.49. The molecule has 0 aliphatic heterocycles. The highest BCUT2D eigenvalue weighted by molar-refractivity contribution is 5.55. The minimum Gasteiger partial charge on any atom is -0.426 e. The van der Waals surface area contributed by atoms with Gasteiger partial charge in [-0.05, 0) is 56.1 Å². The molecule has 1 N–H and O–H groups in total. The lowest BCUT2D eigenvalue weighted by Crippen LogP contribution is -2.18. The number of pyridine rings is 1. The van der Waals surface area contributed by atoms with Gasteiger partial charge in [-0.2, -0.15) is 5.26 Å². The predicted molar refractivity (Wildman–Crippen MR) is 88.5 cm³/mol. The lowest BCUT2D eigenvalue weighted by molar-refractivity contribution is 0.416. The van der Waals surface area contributed by atoms with Crippen molar-refractivity contribution in [2.24, 2.45) is 5.92 Å². The van der Waals surface area contributed by atoms with Crippen molar-refractivity contribution in [2.45, 2.75) is 57.9 Å². The predicted octanol–water partition coefficient (Wildman–Crippen LogP) is 2.96. The van der Waals surface area contributed by atoms with E-state index in [2.05, 4.69) is 21.6 Å². The molecule has 1 saturated carbocycles. The molecule has 24 heavy (non-hydrogen) atoms. The summed E-state index contributed by atoms with van der Waals surface area (Å²) >= 11 is 0. The van der Waals surface area contributed by atoms with Crippen molar-refractivity contribution < 1.29 is 4.42 Å². The first-order chi connectivity index (χ1) is 11.7. The number of aromatic nitrogens is 3. The second-order valence-electron chi connectivity index (χ2n) is 6.89. The minimum atomic E-state index is 0.359. The summed E-state index contributed by atoms with van der Waals surface area (Å²) in [6.45, 7) is 1.82. The minimum absolute atomic E-state index is 0.359. The number of hydrogen-bond acceptors (Lipinski definition) is 6. The van der Waals surface area contributed by atoms with Crippen molar-refractivity contribution in [3.8, 4) is 6.07 Å². The average molecular weight is 323 g/mol. The molecule has 0 aromatic carbocycles. The van der Waals surface area contributed by atoms with Crippen LogP contribution >= 0.6 is 0 Å². The fourth-order valence-electron chi connectivity index (χ4n) is 3.92. The number of anilines is 1. The molecule has 0 radical (unpaired) electrons. The van der Waals surface area contributed by atoms with Gasteiger partial charge in [0.1, 0.15) is 11.9 Å². The first-order valence-electron chi connectivity index (χ1n) is 8.69. The number of nitrogens with one attached hydrogen (secondary N) is 1. The highest BCUT2D eigenvalue weighted by Crippen LogP contribution is 2.32. The number of rotatable bonds is 4. The van der Waals surface area contributed by atoms with Crippen molar-refractivity contribution in [1.29, 1.82) is 5.26 Å². The van der Waals surface area contributed by atoms with E-state index < -0.39 is 0 Å². The van der Waals surface area contributed by atoms with Crippen LogP contribution in [0.5, 0.6) is 0 Å². The normalized spacial score (nSPS) is 22.3. The summed E-state index contributed by atoms with van der Waals surface area (Å²) in [7, 11) is 0. The van der Waals surface area contributed by atoms with Crippen LogP contribution in [0.3, 0.4) is 0 Å². The van der Waals surface area contributed by atoms with Gasteiger partial charge in [0.2, 0.25) is 11.8 Å². The Bertz CT molecular complexity index is 791. The molecular weight excluding hydrogens is 302 g/mol. The van der Waals surface area contributed by atoms with E-state index in [-0.39, 0.29) is 0 Å².